The molecule has 1 aliphatic carbocycles. The van der Waals surface area contributed by atoms with Crippen molar-refractivity contribution in [3.8, 4) is 0 Å². The maximum Gasteiger partial charge on any atom is 0.0700 e. The second kappa shape index (κ2) is 2.53. The Kier molecular flexibility index (Phi) is 1.95. The molecule has 0 radical (unpaired) electrons. The van der Waals surface area contributed by atoms with Crippen molar-refractivity contribution in [2.24, 2.45) is 10.9 Å². The summed E-state index contributed by atoms with van der Waals surface area (Å²) in [5.74, 6) is 0.843. The zero-order chi connectivity index (χ0) is 5.98. The van der Waals surface area contributed by atoms with Crippen molar-refractivity contribution in [2.45, 2.75) is 12.8 Å². The van der Waals surface area contributed by atoms with Crippen molar-refractivity contribution in [2.75, 3.05) is 13.3 Å². The molecule has 0 aliphatic heterocycles. The highest BCUT2D eigenvalue weighted by atomic mass is 32.2. The molecule has 2 heteroatoms. The van der Waals surface area contributed by atoms with Gasteiger partial charge < -0.3 is 0 Å². The first-order chi connectivity index (χ1) is 3.88. The van der Waals surface area contributed by atoms with E-state index in [4.69, 9.17) is 0 Å². The zero-order valence-electron chi connectivity index (χ0n) is 5.35. The Hall–Kier alpha value is 0.0200. The van der Waals surface area contributed by atoms with E-state index in [-0.39, 0.29) is 0 Å². The van der Waals surface area contributed by atoms with Gasteiger partial charge in [-0.3, -0.25) is 4.99 Å². The van der Waals surface area contributed by atoms with E-state index in [0.717, 1.165) is 5.92 Å². The summed E-state index contributed by atoms with van der Waals surface area (Å²) in [6, 6.07) is 0. The normalized spacial score (nSPS) is 21.5. The molecule has 0 heterocycles. The highest BCUT2D eigenvalue weighted by Crippen LogP contribution is 2.33. The van der Waals surface area contributed by atoms with E-state index in [1.54, 1.807) is 11.8 Å². The van der Waals surface area contributed by atoms with Gasteiger partial charge in [-0.05, 0) is 19.1 Å². The Morgan fingerprint density at radius 3 is 2.38 bits per heavy atom. The number of thioether (sulfide) groups is 1. The molecule has 0 aromatic rings. The highest BCUT2D eigenvalue weighted by Gasteiger charge is 2.25. The summed E-state index contributed by atoms with van der Waals surface area (Å²) < 4.78 is 0. The van der Waals surface area contributed by atoms with Gasteiger partial charge in [0.15, 0.2) is 0 Å². The molecule has 46 valence electrons. The first-order valence-electron chi connectivity index (χ1n) is 2.89. The minimum atomic E-state index is 0.843. The predicted octanol–water partition coefficient (Wildman–Crippen LogP) is 1.79. The smallest absolute Gasteiger partial charge is 0.0700 e. The van der Waals surface area contributed by atoms with Crippen molar-refractivity contribution in [3.05, 3.63) is 0 Å². The van der Waals surface area contributed by atoms with Gasteiger partial charge in [-0.2, -0.15) is 0 Å². The van der Waals surface area contributed by atoms with Crippen LogP contribution in [-0.4, -0.2) is 18.3 Å². The summed E-state index contributed by atoms with van der Waals surface area (Å²) in [6.45, 7) is 0. The monoisotopic (exact) mass is 129 g/mol. The van der Waals surface area contributed by atoms with Gasteiger partial charge in [-0.1, -0.05) is 0 Å². The molecule has 0 bridgehead atoms. The second-order valence-electron chi connectivity index (χ2n) is 2.04. The summed E-state index contributed by atoms with van der Waals surface area (Å²) >= 11 is 1.79. The van der Waals surface area contributed by atoms with Crippen LogP contribution in [-0.2, 0) is 0 Å². The molecule has 0 unspecified atom stereocenters. The third-order valence-corrected chi connectivity index (χ3v) is 2.29. The highest BCUT2D eigenvalue weighted by molar-refractivity contribution is 8.13. The lowest BCUT2D eigenvalue weighted by atomic mass is 10.5. The summed E-state index contributed by atoms with van der Waals surface area (Å²) in [4.78, 5) is 4.15. The molecule has 0 N–H and O–H groups in total. The van der Waals surface area contributed by atoms with Gasteiger partial charge in [0.25, 0.3) is 0 Å². The molecule has 0 amide bonds. The summed E-state index contributed by atoms with van der Waals surface area (Å²) in [5, 5.41) is 1.34. The van der Waals surface area contributed by atoms with Crippen LogP contribution in [0.1, 0.15) is 12.8 Å². The molecule has 1 aliphatic rings. The van der Waals surface area contributed by atoms with E-state index in [0.29, 0.717) is 0 Å². The van der Waals surface area contributed by atoms with Gasteiger partial charge in [-0.15, -0.1) is 11.8 Å². The number of aliphatic imine (C=N–C) groups is 1. The number of hydrogen-bond acceptors (Lipinski definition) is 2. The minimum Gasteiger partial charge on any atom is -0.286 e. The number of nitrogens with zero attached hydrogens (tertiary/aromatic N) is 1. The summed E-state index contributed by atoms with van der Waals surface area (Å²) in [7, 11) is 1.88. The van der Waals surface area contributed by atoms with Gasteiger partial charge in [-0.25, -0.2) is 0 Å². The first-order valence-corrected chi connectivity index (χ1v) is 4.11. The Bertz CT molecular complexity index is 105. The lowest BCUT2D eigenvalue weighted by Crippen LogP contribution is -1.91. The second-order valence-corrected chi connectivity index (χ2v) is 2.87. The van der Waals surface area contributed by atoms with Crippen LogP contribution in [0.4, 0.5) is 0 Å². The maximum absolute atomic E-state index is 4.15. The van der Waals surface area contributed by atoms with E-state index in [1.807, 2.05) is 7.05 Å². The molecule has 1 saturated carbocycles. The van der Waals surface area contributed by atoms with E-state index in [2.05, 4.69) is 11.2 Å². The average molecular weight is 129 g/mol. The van der Waals surface area contributed by atoms with Crippen LogP contribution in [0, 0.1) is 5.92 Å². The summed E-state index contributed by atoms with van der Waals surface area (Å²) in [5.41, 5.74) is 0. The Labute approximate surface area is 54.6 Å². The van der Waals surface area contributed by atoms with Crippen LogP contribution in [0.15, 0.2) is 4.99 Å². The summed E-state index contributed by atoms with van der Waals surface area (Å²) in [6.07, 6.45) is 4.84. The van der Waals surface area contributed by atoms with Crippen LogP contribution in [0.3, 0.4) is 0 Å². The van der Waals surface area contributed by atoms with Gasteiger partial charge in [0.2, 0.25) is 0 Å². The third-order valence-electron chi connectivity index (χ3n) is 1.36. The van der Waals surface area contributed by atoms with Gasteiger partial charge >= 0.3 is 0 Å². The van der Waals surface area contributed by atoms with E-state index >= 15 is 0 Å². The quantitative estimate of drug-likeness (QED) is 0.388. The van der Waals surface area contributed by atoms with Crippen LogP contribution >= 0.6 is 11.8 Å². The average Bonchev–Trinajstić information content (AvgIpc) is 2.53. The molecule has 0 atom stereocenters. The number of rotatable bonds is 1. The zero-order valence-corrected chi connectivity index (χ0v) is 6.16. The van der Waals surface area contributed by atoms with Crippen molar-refractivity contribution >= 4 is 16.8 Å². The molecule has 0 saturated heterocycles. The molecule has 0 aromatic heterocycles. The van der Waals surface area contributed by atoms with Gasteiger partial charge in [0.05, 0.1) is 5.04 Å². The van der Waals surface area contributed by atoms with E-state index < -0.39 is 0 Å². The third kappa shape index (κ3) is 1.25. The molecular weight excluding hydrogens is 118 g/mol. The van der Waals surface area contributed by atoms with Crippen molar-refractivity contribution in [3.63, 3.8) is 0 Å². The fraction of sp³-hybridized carbons (Fsp3) is 0.833. The minimum absolute atomic E-state index is 0.843. The predicted molar refractivity (Wildman–Crippen MR) is 39.6 cm³/mol. The molecule has 0 spiro atoms. The largest absolute Gasteiger partial charge is 0.286 e. The fourth-order valence-corrected chi connectivity index (χ4v) is 1.52. The van der Waals surface area contributed by atoms with Crippen molar-refractivity contribution in [1.82, 2.24) is 0 Å². The van der Waals surface area contributed by atoms with Crippen LogP contribution in [0.5, 0.6) is 0 Å². The Balaban J connectivity index is 2.37. The van der Waals surface area contributed by atoms with E-state index in [9.17, 15) is 0 Å². The van der Waals surface area contributed by atoms with Crippen LogP contribution < -0.4 is 0 Å². The molecule has 0 aromatic carbocycles. The fourth-order valence-electron chi connectivity index (χ4n) is 0.771. The molecule has 1 nitrogen and oxygen atoms in total. The molecule has 1 rings (SSSR count). The Morgan fingerprint density at radius 2 is 2.25 bits per heavy atom. The lowest BCUT2D eigenvalue weighted by molar-refractivity contribution is 1.20. The van der Waals surface area contributed by atoms with Crippen molar-refractivity contribution < 1.29 is 0 Å². The number of hydrogen-bond donors (Lipinski definition) is 0. The first kappa shape index (κ1) is 6.14. The van der Waals surface area contributed by atoms with Crippen LogP contribution in [0.25, 0.3) is 0 Å². The van der Waals surface area contributed by atoms with Crippen molar-refractivity contribution in [1.29, 1.82) is 0 Å². The van der Waals surface area contributed by atoms with Crippen LogP contribution in [0.2, 0.25) is 0 Å². The topological polar surface area (TPSA) is 12.4 Å². The lowest BCUT2D eigenvalue weighted by Gasteiger charge is -1.93. The van der Waals surface area contributed by atoms with Gasteiger partial charge in [0.1, 0.15) is 0 Å². The standard InChI is InChI=1S/C6H11NS/c1-7-6(8-2)5-3-4-5/h5H,3-4H2,1-2H3. The molecular formula is C6H11NS. The molecule has 8 heavy (non-hydrogen) atoms. The SMILES string of the molecule is CN=C(SC)C1CC1. The molecule has 1 fully saturated rings. The Morgan fingerprint density at radius 1 is 1.62 bits per heavy atom. The van der Waals surface area contributed by atoms with Gasteiger partial charge in [0, 0.05) is 13.0 Å². The maximum atomic E-state index is 4.15. The van der Waals surface area contributed by atoms with E-state index in [1.165, 1.54) is 17.9 Å².